The molecule has 0 saturated carbocycles. The summed E-state index contributed by atoms with van der Waals surface area (Å²) >= 11 is 0. The van der Waals surface area contributed by atoms with Gasteiger partial charge in [-0.05, 0) is 24.3 Å². The lowest BCUT2D eigenvalue weighted by Gasteiger charge is -2.23. The average molecular weight is 352 g/mol. The van der Waals surface area contributed by atoms with Crippen molar-refractivity contribution in [2.24, 2.45) is 0 Å². The molecule has 1 aliphatic rings. The van der Waals surface area contributed by atoms with Gasteiger partial charge in [-0.1, -0.05) is 5.92 Å². The van der Waals surface area contributed by atoms with Crippen molar-refractivity contribution in [2.75, 3.05) is 19.8 Å². The molecule has 1 heterocycles. The maximum atomic E-state index is 12.2. The van der Waals surface area contributed by atoms with Gasteiger partial charge in [0.05, 0.1) is 18.0 Å². The second-order valence-corrected chi connectivity index (χ2v) is 6.96. The summed E-state index contributed by atoms with van der Waals surface area (Å²) in [6.07, 6.45) is 5.17. The van der Waals surface area contributed by atoms with Gasteiger partial charge in [-0.25, -0.2) is 13.2 Å². The van der Waals surface area contributed by atoms with Crippen LogP contribution in [0.3, 0.4) is 0 Å². The molecule has 128 valence electrons. The number of carbonyl (C=O) groups is 2. The van der Waals surface area contributed by atoms with Gasteiger partial charge in [-0.3, -0.25) is 4.79 Å². The number of amides is 1. The van der Waals surface area contributed by atoms with Crippen molar-refractivity contribution in [2.45, 2.75) is 16.9 Å². The van der Waals surface area contributed by atoms with Gasteiger partial charge in [0, 0.05) is 18.6 Å². The standard InChI is InChI=1S/C15H16N2O6S/c1-2-8-16-24(21,22)12-5-3-11(4-6-12)13(18)17-15(14(19)20)7-9-23-10-15/h1,3-6,16H,7-10H2,(H,17,18)(H,19,20). The fourth-order valence-corrected chi connectivity index (χ4v) is 3.12. The van der Waals surface area contributed by atoms with E-state index in [1.165, 1.54) is 24.3 Å². The Labute approximate surface area is 139 Å². The van der Waals surface area contributed by atoms with Crippen LogP contribution in [0.1, 0.15) is 16.8 Å². The van der Waals surface area contributed by atoms with Crippen LogP contribution >= 0.6 is 0 Å². The summed E-state index contributed by atoms with van der Waals surface area (Å²) in [7, 11) is -3.75. The fraction of sp³-hybridized carbons (Fsp3) is 0.333. The predicted octanol–water partition coefficient (Wildman–Crippen LogP) is -0.428. The molecule has 1 aromatic rings. The van der Waals surface area contributed by atoms with Crippen LogP contribution in [0, 0.1) is 12.3 Å². The van der Waals surface area contributed by atoms with E-state index in [0.717, 1.165) is 0 Å². The van der Waals surface area contributed by atoms with E-state index in [4.69, 9.17) is 11.2 Å². The highest BCUT2D eigenvalue weighted by molar-refractivity contribution is 7.89. The molecule has 3 N–H and O–H groups in total. The molecule has 0 bridgehead atoms. The minimum atomic E-state index is -3.75. The number of hydrogen-bond donors (Lipinski definition) is 3. The molecule has 1 unspecified atom stereocenters. The van der Waals surface area contributed by atoms with E-state index in [9.17, 15) is 23.1 Å². The molecule has 2 rings (SSSR count). The van der Waals surface area contributed by atoms with E-state index >= 15 is 0 Å². The zero-order valence-corrected chi connectivity index (χ0v) is 13.4. The van der Waals surface area contributed by atoms with Crippen molar-refractivity contribution in [1.29, 1.82) is 0 Å². The van der Waals surface area contributed by atoms with Crippen molar-refractivity contribution < 1.29 is 27.9 Å². The molecule has 0 spiro atoms. The predicted molar refractivity (Wildman–Crippen MR) is 83.7 cm³/mol. The lowest BCUT2D eigenvalue weighted by molar-refractivity contribution is -0.144. The maximum absolute atomic E-state index is 12.2. The first-order chi connectivity index (χ1) is 11.3. The van der Waals surface area contributed by atoms with Crippen molar-refractivity contribution in [3.05, 3.63) is 29.8 Å². The summed E-state index contributed by atoms with van der Waals surface area (Å²) in [6, 6.07) is 5.08. The number of ether oxygens (including phenoxy) is 1. The largest absolute Gasteiger partial charge is 0.479 e. The number of nitrogens with one attached hydrogen (secondary N) is 2. The van der Waals surface area contributed by atoms with Crippen LogP contribution in [0.25, 0.3) is 0 Å². The zero-order valence-electron chi connectivity index (χ0n) is 12.6. The molecule has 1 amide bonds. The molecule has 1 saturated heterocycles. The number of sulfonamides is 1. The van der Waals surface area contributed by atoms with Crippen molar-refractivity contribution in [3.63, 3.8) is 0 Å². The topological polar surface area (TPSA) is 122 Å². The van der Waals surface area contributed by atoms with Crippen LogP contribution in [-0.2, 0) is 19.6 Å². The quantitative estimate of drug-likeness (QED) is 0.597. The van der Waals surface area contributed by atoms with Gasteiger partial charge in [0.1, 0.15) is 0 Å². The first-order valence-corrected chi connectivity index (χ1v) is 8.46. The molecule has 0 aromatic heterocycles. The molecule has 1 aromatic carbocycles. The summed E-state index contributed by atoms with van der Waals surface area (Å²) in [5, 5.41) is 11.7. The van der Waals surface area contributed by atoms with Crippen LogP contribution in [0.4, 0.5) is 0 Å². The fourth-order valence-electron chi connectivity index (χ4n) is 2.18. The molecule has 1 atom stereocenters. The monoisotopic (exact) mass is 352 g/mol. The molecule has 9 heteroatoms. The minimum absolute atomic E-state index is 0.0496. The Bertz CT molecular complexity index is 773. The Morgan fingerprint density at radius 1 is 1.33 bits per heavy atom. The number of benzene rings is 1. The minimum Gasteiger partial charge on any atom is -0.479 e. The lowest BCUT2D eigenvalue weighted by Crippen LogP contribution is -2.55. The number of carboxylic acids is 1. The molecule has 24 heavy (non-hydrogen) atoms. The first kappa shape index (κ1) is 17.9. The van der Waals surface area contributed by atoms with Crippen LogP contribution in [0.5, 0.6) is 0 Å². The Morgan fingerprint density at radius 3 is 2.50 bits per heavy atom. The summed E-state index contributed by atoms with van der Waals surface area (Å²) in [6.45, 7) is -0.0210. The highest BCUT2D eigenvalue weighted by atomic mass is 32.2. The molecule has 8 nitrogen and oxygen atoms in total. The van der Waals surface area contributed by atoms with Gasteiger partial charge < -0.3 is 15.2 Å². The molecular formula is C15H16N2O6S. The second-order valence-electron chi connectivity index (χ2n) is 5.20. The number of rotatable bonds is 6. The number of terminal acetylenes is 1. The number of carboxylic acid groups (broad SMARTS) is 1. The SMILES string of the molecule is C#CCNS(=O)(=O)c1ccc(C(=O)NC2(C(=O)O)CCOC2)cc1. The third-order valence-electron chi connectivity index (χ3n) is 3.57. The molecule has 0 aliphatic carbocycles. The van der Waals surface area contributed by atoms with Gasteiger partial charge in [0.25, 0.3) is 5.91 Å². The van der Waals surface area contributed by atoms with Crippen LogP contribution in [-0.4, -0.2) is 50.7 Å². The van der Waals surface area contributed by atoms with E-state index < -0.39 is 27.4 Å². The van der Waals surface area contributed by atoms with E-state index in [2.05, 4.69) is 16.0 Å². The van der Waals surface area contributed by atoms with Gasteiger partial charge in [0.15, 0.2) is 5.54 Å². The summed E-state index contributed by atoms with van der Waals surface area (Å²) in [5.74, 6) is 0.360. The van der Waals surface area contributed by atoms with Crippen molar-refractivity contribution in [1.82, 2.24) is 10.0 Å². The second kappa shape index (κ2) is 7.00. The highest BCUT2D eigenvalue weighted by Crippen LogP contribution is 2.20. The Balaban J connectivity index is 2.15. The normalized spacial score (nSPS) is 20.3. The van der Waals surface area contributed by atoms with E-state index in [-0.39, 0.29) is 36.6 Å². The zero-order chi connectivity index (χ0) is 17.8. The van der Waals surface area contributed by atoms with Gasteiger partial charge in [-0.15, -0.1) is 6.42 Å². The lowest BCUT2D eigenvalue weighted by atomic mass is 9.98. The summed E-state index contributed by atoms with van der Waals surface area (Å²) in [4.78, 5) is 23.6. The molecule has 1 fully saturated rings. The average Bonchev–Trinajstić information content (AvgIpc) is 3.03. The third-order valence-corrected chi connectivity index (χ3v) is 4.99. The van der Waals surface area contributed by atoms with Crippen molar-refractivity contribution >= 4 is 21.9 Å². The summed E-state index contributed by atoms with van der Waals surface area (Å²) in [5.41, 5.74) is -1.32. The van der Waals surface area contributed by atoms with Gasteiger partial charge >= 0.3 is 5.97 Å². The van der Waals surface area contributed by atoms with Crippen molar-refractivity contribution in [3.8, 4) is 12.3 Å². The number of carbonyl (C=O) groups excluding carboxylic acids is 1. The third kappa shape index (κ3) is 3.73. The van der Waals surface area contributed by atoms with Crippen LogP contribution < -0.4 is 10.0 Å². The molecular weight excluding hydrogens is 336 g/mol. The van der Waals surface area contributed by atoms with E-state index in [1.54, 1.807) is 0 Å². The molecule has 1 aliphatic heterocycles. The first-order valence-electron chi connectivity index (χ1n) is 6.98. The highest BCUT2D eigenvalue weighted by Gasteiger charge is 2.44. The van der Waals surface area contributed by atoms with Gasteiger partial charge in [0.2, 0.25) is 10.0 Å². The Kier molecular flexibility index (Phi) is 5.23. The number of aliphatic carboxylic acids is 1. The van der Waals surface area contributed by atoms with Crippen LogP contribution in [0.2, 0.25) is 0 Å². The van der Waals surface area contributed by atoms with Gasteiger partial charge in [-0.2, -0.15) is 4.72 Å². The Morgan fingerprint density at radius 2 is 2.00 bits per heavy atom. The maximum Gasteiger partial charge on any atom is 0.331 e. The summed E-state index contributed by atoms with van der Waals surface area (Å²) < 4.78 is 31.0. The van der Waals surface area contributed by atoms with E-state index in [0.29, 0.717) is 0 Å². The van der Waals surface area contributed by atoms with E-state index in [1.807, 2.05) is 0 Å². The molecule has 0 radical (unpaired) electrons. The Hall–Kier alpha value is -2.41. The number of hydrogen-bond acceptors (Lipinski definition) is 5. The smallest absolute Gasteiger partial charge is 0.331 e. The van der Waals surface area contributed by atoms with Crippen LogP contribution in [0.15, 0.2) is 29.2 Å².